The highest BCUT2D eigenvalue weighted by Gasteiger charge is 2.16. The number of hydrogen-bond acceptors (Lipinski definition) is 5. The fraction of sp³-hybridized carbons (Fsp3) is 0.133. The second kappa shape index (κ2) is 6.04. The van der Waals surface area contributed by atoms with E-state index in [2.05, 4.69) is 0 Å². The molecule has 0 bridgehead atoms. The van der Waals surface area contributed by atoms with Gasteiger partial charge in [-0.3, -0.25) is 14.9 Å². The summed E-state index contributed by atoms with van der Waals surface area (Å²) in [5.74, 6) is 0.672. The summed E-state index contributed by atoms with van der Waals surface area (Å²) >= 11 is 0. The van der Waals surface area contributed by atoms with Crippen LogP contribution in [0.3, 0.4) is 0 Å². The Bertz CT molecular complexity index is 685. The van der Waals surface area contributed by atoms with Gasteiger partial charge in [0.2, 0.25) is 0 Å². The number of nitro benzene ring substituents is 1. The van der Waals surface area contributed by atoms with Crippen LogP contribution in [0.4, 0.5) is 17.1 Å². The van der Waals surface area contributed by atoms with E-state index >= 15 is 0 Å². The van der Waals surface area contributed by atoms with Gasteiger partial charge in [-0.15, -0.1) is 0 Å². The molecule has 2 aromatic carbocycles. The maximum absolute atomic E-state index is 11.0. The highest BCUT2D eigenvalue weighted by Crippen LogP contribution is 2.33. The average Bonchev–Trinajstić information content (AvgIpc) is 2.53. The van der Waals surface area contributed by atoms with E-state index in [1.54, 1.807) is 25.1 Å². The van der Waals surface area contributed by atoms with E-state index in [4.69, 9.17) is 4.74 Å². The maximum Gasteiger partial charge on any atom is 0.280 e. The molecule has 6 heteroatoms. The summed E-state index contributed by atoms with van der Waals surface area (Å²) in [5.41, 5.74) is 1.29. The van der Waals surface area contributed by atoms with Crippen LogP contribution in [0.1, 0.15) is 10.4 Å². The van der Waals surface area contributed by atoms with Crippen molar-refractivity contribution in [3.8, 4) is 5.75 Å². The fourth-order valence-electron chi connectivity index (χ4n) is 2.06. The lowest BCUT2D eigenvalue weighted by Crippen LogP contribution is -2.11. The van der Waals surface area contributed by atoms with Gasteiger partial charge < -0.3 is 9.64 Å². The van der Waals surface area contributed by atoms with Crippen LogP contribution in [0.2, 0.25) is 0 Å². The van der Waals surface area contributed by atoms with Crippen LogP contribution < -0.4 is 9.64 Å². The molecule has 0 aliphatic heterocycles. The zero-order valence-corrected chi connectivity index (χ0v) is 11.6. The summed E-state index contributed by atoms with van der Waals surface area (Å²) in [6.45, 7) is 0. The highest BCUT2D eigenvalue weighted by molar-refractivity contribution is 5.84. The number of benzene rings is 2. The normalized spacial score (nSPS) is 10.0. The van der Waals surface area contributed by atoms with Crippen molar-refractivity contribution in [3.63, 3.8) is 0 Å². The van der Waals surface area contributed by atoms with Gasteiger partial charge in [-0.2, -0.15) is 0 Å². The van der Waals surface area contributed by atoms with E-state index in [9.17, 15) is 14.9 Å². The third-order valence-electron chi connectivity index (χ3n) is 3.17. The summed E-state index contributed by atoms with van der Waals surface area (Å²) in [6, 6.07) is 11.8. The number of methoxy groups -OCH3 is 1. The van der Waals surface area contributed by atoms with Gasteiger partial charge in [0, 0.05) is 18.8 Å². The molecule has 0 fully saturated rings. The number of aldehydes is 1. The minimum absolute atomic E-state index is 0.0410. The summed E-state index contributed by atoms with van der Waals surface area (Å²) in [6.07, 6.45) is 0.484. The zero-order valence-electron chi connectivity index (χ0n) is 11.6. The van der Waals surface area contributed by atoms with Crippen LogP contribution in [-0.2, 0) is 0 Å². The van der Waals surface area contributed by atoms with Crippen molar-refractivity contribution in [1.29, 1.82) is 0 Å². The van der Waals surface area contributed by atoms with Crippen molar-refractivity contribution >= 4 is 23.3 Å². The molecule has 6 nitrogen and oxygen atoms in total. The van der Waals surface area contributed by atoms with Crippen LogP contribution in [-0.4, -0.2) is 25.4 Å². The van der Waals surface area contributed by atoms with Gasteiger partial charge >= 0.3 is 0 Å². The molecule has 2 aromatic rings. The molecule has 0 unspecified atom stereocenters. The molecule has 0 spiro atoms. The molecule has 0 atom stereocenters. The van der Waals surface area contributed by atoms with Crippen molar-refractivity contribution in [3.05, 3.63) is 58.1 Å². The third kappa shape index (κ3) is 2.84. The molecule has 2 rings (SSSR count). The fourth-order valence-corrected chi connectivity index (χ4v) is 2.06. The Hall–Kier alpha value is -2.89. The van der Waals surface area contributed by atoms with E-state index in [0.29, 0.717) is 17.7 Å². The molecular formula is C15H14N2O4. The SMILES string of the molecule is COc1ccccc1N(C)c1ccc([N+](=O)[O-])c(C=O)c1. The number of nitrogens with zero attached hydrogens (tertiary/aromatic N) is 2. The molecule has 0 aliphatic carbocycles. The second-order valence-electron chi connectivity index (χ2n) is 4.35. The van der Waals surface area contributed by atoms with Gasteiger partial charge in [0.1, 0.15) is 5.75 Å². The van der Waals surface area contributed by atoms with E-state index in [0.717, 1.165) is 5.69 Å². The van der Waals surface area contributed by atoms with Crippen molar-refractivity contribution in [2.45, 2.75) is 0 Å². The molecule has 0 saturated heterocycles. The average molecular weight is 286 g/mol. The van der Waals surface area contributed by atoms with Gasteiger partial charge in [0.25, 0.3) is 5.69 Å². The van der Waals surface area contributed by atoms with Gasteiger partial charge in [0.15, 0.2) is 6.29 Å². The van der Waals surface area contributed by atoms with Gasteiger partial charge in [-0.25, -0.2) is 0 Å². The lowest BCUT2D eigenvalue weighted by molar-refractivity contribution is -0.385. The molecule has 0 saturated carbocycles. The van der Waals surface area contributed by atoms with Crippen LogP contribution >= 0.6 is 0 Å². The monoisotopic (exact) mass is 286 g/mol. The first kappa shape index (κ1) is 14.5. The topological polar surface area (TPSA) is 72.7 Å². The Kier molecular flexibility index (Phi) is 4.18. The molecule has 0 heterocycles. The number of carbonyl (C=O) groups is 1. The van der Waals surface area contributed by atoms with Gasteiger partial charge in [-0.05, 0) is 24.3 Å². The van der Waals surface area contributed by atoms with Crippen LogP contribution in [0.25, 0.3) is 0 Å². The van der Waals surface area contributed by atoms with Crippen LogP contribution in [0.5, 0.6) is 5.75 Å². The molecule has 0 aliphatic rings. The molecule has 0 aromatic heterocycles. The first-order valence-corrected chi connectivity index (χ1v) is 6.19. The summed E-state index contributed by atoms with van der Waals surface area (Å²) in [4.78, 5) is 23.1. The van der Waals surface area contributed by atoms with Crippen molar-refractivity contribution in [1.82, 2.24) is 0 Å². The second-order valence-corrected chi connectivity index (χ2v) is 4.35. The minimum Gasteiger partial charge on any atom is -0.495 e. The number of hydrogen-bond donors (Lipinski definition) is 0. The van der Waals surface area contributed by atoms with E-state index < -0.39 is 4.92 Å². The highest BCUT2D eigenvalue weighted by atomic mass is 16.6. The number of rotatable bonds is 5. The van der Waals surface area contributed by atoms with E-state index in [1.807, 2.05) is 24.3 Å². The lowest BCUT2D eigenvalue weighted by Gasteiger charge is -2.22. The lowest BCUT2D eigenvalue weighted by atomic mass is 10.1. The van der Waals surface area contributed by atoms with E-state index in [-0.39, 0.29) is 11.3 Å². The summed E-state index contributed by atoms with van der Waals surface area (Å²) < 4.78 is 5.29. The number of para-hydroxylation sites is 2. The minimum atomic E-state index is -0.573. The van der Waals surface area contributed by atoms with Crippen molar-refractivity contribution < 1.29 is 14.5 Å². The van der Waals surface area contributed by atoms with Crippen molar-refractivity contribution in [2.24, 2.45) is 0 Å². The van der Waals surface area contributed by atoms with Gasteiger partial charge in [0.05, 0.1) is 23.3 Å². The molecule has 108 valence electrons. The molecule has 0 N–H and O–H groups in total. The number of carbonyl (C=O) groups excluding carboxylic acids is 1. The van der Waals surface area contributed by atoms with E-state index in [1.165, 1.54) is 12.1 Å². The Morgan fingerprint density at radius 2 is 1.95 bits per heavy atom. The zero-order chi connectivity index (χ0) is 15.4. The Balaban J connectivity index is 2.46. The number of ether oxygens (including phenoxy) is 1. The smallest absolute Gasteiger partial charge is 0.280 e. The Morgan fingerprint density at radius 3 is 2.57 bits per heavy atom. The standard InChI is InChI=1S/C15H14N2O4/c1-16(14-5-3-4-6-15(14)21-2)12-7-8-13(17(19)20)11(9-12)10-18/h3-10H,1-2H3. The summed E-state index contributed by atoms with van der Waals surface area (Å²) in [7, 11) is 3.37. The van der Waals surface area contributed by atoms with Crippen molar-refractivity contribution in [2.75, 3.05) is 19.1 Å². The van der Waals surface area contributed by atoms with Gasteiger partial charge in [-0.1, -0.05) is 12.1 Å². The first-order valence-electron chi connectivity index (χ1n) is 6.19. The van der Waals surface area contributed by atoms with Crippen LogP contribution in [0, 0.1) is 10.1 Å². The number of anilines is 2. The maximum atomic E-state index is 11.0. The molecule has 0 amide bonds. The molecule has 0 radical (unpaired) electrons. The van der Waals surface area contributed by atoms with Crippen LogP contribution in [0.15, 0.2) is 42.5 Å². The first-order chi connectivity index (χ1) is 10.1. The predicted molar refractivity (Wildman–Crippen MR) is 79.5 cm³/mol. The quantitative estimate of drug-likeness (QED) is 0.479. The largest absolute Gasteiger partial charge is 0.495 e. The third-order valence-corrected chi connectivity index (χ3v) is 3.17. The summed E-state index contributed by atoms with van der Waals surface area (Å²) in [5, 5.41) is 10.8. The molecular weight excluding hydrogens is 272 g/mol. The Labute approximate surface area is 121 Å². The molecule has 21 heavy (non-hydrogen) atoms. The number of nitro groups is 1. The Morgan fingerprint density at radius 1 is 1.24 bits per heavy atom. The predicted octanol–water partition coefficient (Wildman–Crippen LogP) is 3.18.